The van der Waals surface area contributed by atoms with Gasteiger partial charge >= 0.3 is 0 Å². The third kappa shape index (κ3) is 3.39. The second kappa shape index (κ2) is 5.79. The van der Waals surface area contributed by atoms with E-state index in [9.17, 15) is 8.42 Å². The quantitative estimate of drug-likeness (QED) is 0.881. The minimum atomic E-state index is -3.31. The molecule has 1 aliphatic rings. The van der Waals surface area contributed by atoms with Crippen LogP contribution in [0.25, 0.3) is 0 Å². The molecule has 0 radical (unpaired) electrons. The predicted molar refractivity (Wildman–Crippen MR) is 72.6 cm³/mol. The fourth-order valence-electron chi connectivity index (χ4n) is 2.05. The Hall–Kier alpha value is -1.27. The van der Waals surface area contributed by atoms with Crippen molar-refractivity contribution in [2.24, 2.45) is 0 Å². The van der Waals surface area contributed by atoms with Gasteiger partial charge in [0.1, 0.15) is 13.2 Å². The molecule has 1 aliphatic heterocycles. The maximum absolute atomic E-state index is 12.3. The Morgan fingerprint density at radius 1 is 1.26 bits per heavy atom. The number of hydrogen-bond acceptors (Lipinski definition) is 5. The lowest BCUT2D eigenvalue weighted by atomic mass is 10.3. The SMILES string of the molecule is CCNC(C)CS(=O)(=O)c1ccc2c(c1)OCCO2. The number of hydrogen-bond donors (Lipinski definition) is 1. The molecule has 0 fully saturated rings. The number of fused-ring (bicyclic) bond motifs is 1. The number of sulfone groups is 1. The second-order valence-corrected chi connectivity index (χ2v) is 6.58. The highest BCUT2D eigenvalue weighted by Crippen LogP contribution is 2.32. The predicted octanol–water partition coefficient (Wildman–Crippen LogP) is 1.23. The Morgan fingerprint density at radius 3 is 2.63 bits per heavy atom. The zero-order valence-corrected chi connectivity index (χ0v) is 12.0. The Labute approximate surface area is 113 Å². The summed E-state index contributed by atoms with van der Waals surface area (Å²) in [6, 6.07) is 4.69. The summed E-state index contributed by atoms with van der Waals surface area (Å²) >= 11 is 0. The molecule has 1 N–H and O–H groups in total. The molecule has 0 aliphatic carbocycles. The first-order valence-electron chi connectivity index (χ1n) is 6.38. The van der Waals surface area contributed by atoms with Gasteiger partial charge in [-0.2, -0.15) is 0 Å². The summed E-state index contributed by atoms with van der Waals surface area (Å²) < 4.78 is 35.3. The van der Waals surface area contributed by atoms with E-state index in [2.05, 4.69) is 5.32 Å². The van der Waals surface area contributed by atoms with E-state index in [-0.39, 0.29) is 16.7 Å². The molecule has 2 rings (SSSR count). The highest BCUT2D eigenvalue weighted by atomic mass is 32.2. The minimum Gasteiger partial charge on any atom is -0.486 e. The normalized spacial score (nSPS) is 16.1. The van der Waals surface area contributed by atoms with Crippen LogP contribution in [0.5, 0.6) is 11.5 Å². The Kier molecular flexibility index (Phi) is 4.31. The monoisotopic (exact) mass is 285 g/mol. The van der Waals surface area contributed by atoms with E-state index in [0.29, 0.717) is 24.7 Å². The van der Waals surface area contributed by atoms with Gasteiger partial charge in [0.25, 0.3) is 0 Å². The van der Waals surface area contributed by atoms with Gasteiger partial charge in [0.05, 0.1) is 10.6 Å². The van der Waals surface area contributed by atoms with Gasteiger partial charge in [-0.05, 0) is 25.6 Å². The molecule has 1 atom stereocenters. The molecule has 1 aromatic carbocycles. The first kappa shape index (κ1) is 14.1. The highest BCUT2D eigenvalue weighted by Gasteiger charge is 2.21. The number of benzene rings is 1. The molecule has 0 amide bonds. The lowest BCUT2D eigenvalue weighted by molar-refractivity contribution is 0.171. The molecule has 5 nitrogen and oxygen atoms in total. The van der Waals surface area contributed by atoms with Gasteiger partial charge < -0.3 is 14.8 Å². The van der Waals surface area contributed by atoms with E-state index < -0.39 is 9.84 Å². The lowest BCUT2D eigenvalue weighted by Gasteiger charge is -2.19. The minimum absolute atomic E-state index is 0.0699. The first-order valence-corrected chi connectivity index (χ1v) is 8.04. The van der Waals surface area contributed by atoms with Crippen LogP contribution in [0, 0.1) is 0 Å². The molecule has 6 heteroatoms. The van der Waals surface area contributed by atoms with E-state index in [1.165, 1.54) is 0 Å². The molecule has 0 bridgehead atoms. The van der Waals surface area contributed by atoms with E-state index in [0.717, 1.165) is 6.54 Å². The summed E-state index contributed by atoms with van der Waals surface area (Å²) in [5.74, 6) is 1.17. The lowest BCUT2D eigenvalue weighted by Crippen LogP contribution is -2.32. The summed E-state index contributed by atoms with van der Waals surface area (Å²) in [6.45, 7) is 5.50. The Balaban J connectivity index is 2.21. The van der Waals surface area contributed by atoms with Crippen LogP contribution in [-0.4, -0.2) is 40.0 Å². The maximum Gasteiger partial charge on any atom is 0.180 e. The molecule has 0 saturated carbocycles. The van der Waals surface area contributed by atoms with Crippen molar-refractivity contribution in [2.45, 2.75) is 24.8 Å². The summed E-state index contributed by atoms with van der Waals surface area (Å²) in [5.41, 5.74) is 0. The average Bonchev–Trinajstić information content (AvgIpc) is 2.37. The van der Waals surface area contributed by atoms with Crippen LogP contribution >= 0.6 is 0 Å². The summed E-state index contributed by atoms with van der Waals surface area (Å²) in [7, 11) is -3.31. The Morgan fingerprint density at radius 2 is 1.95 bits per heavy atom. The number of rotatable bonds is 5. The molecule has 1 unspecified atom stereocenters. The van der Waals surface area contributed by atoms with Crippen LogP contribution < -0.4 is 14.8 Å². The van der Waals surface area contributed by atoms with Crippen LogP contribution in [0.1, 0.15) is 13.8 Å². The molecular formula is C13H19NO4S. The Bertz CT molecular complexity index is 542. The molecule has 106 valence electrons. The fourth-order valence-corrected chi connectivity index (χ4v) is 3.58. The van der Waals surface area contributed by atoms with Crippen molar-refractivity contribution in [1.29, 1.82) is 0 Å². The van der Waals surface area contributed by atoms with E-state index in [1.54, 1.807) is 18.2 Å². The zero-order valence-electron chi connectivity index (χ0n) is 11.2. The second-order valence-electron chi connectivity index (χ2n) is 4.55. The van der Waals surface area contributed by atoms with Crippen molar-refractivity contribution in [3.05, 3.63) is 18.2 Å². The van der Waals surface area contributed by atoms with Gasteiger partial charge in [-0.3, -0.25) is 0 Å². The highest BCUT2D eigenvalue weighted by molar-refractivity contribution is 7.91. The maximum atomic E-state index is 12.3. The van der Waals surface area contributed by atoms with Gasteiger partial charge in [-0.15, -0.1) is 0 Å². The van der Waals surface area contributed by atoms with Crippen molar-refractivity contribution in [1.82, 2.24) is 5.32 Å². The molecule has 0 spiro atoms. The summed E-state index contributed by atoms with van der Waals surface area (Å²) in [5, 5.41) is 3.10. The first-order chi connectivity index (χ1) is 9.03. The van der Waals surface area contributed by atoms with Gasteiger partial charge in [0.2, 0.25) is 0 Å². The largest absolute Gasteiger partial charge is 0.486 e. The van der Waals surface area contributed by atoms with Crippen molar-refractivity contribution in [3.8, 4) is 11.5 Å². The van der Waals surface area contributed by atoms with Gasteiger partial charge in [0.15, 0.2) is 21.3 Å². The standard InChI is InChI=1S/C13H19NO4S/c1-3-14-10(2)9-19(15,16)11-4-5-12-13(8-11)18-7-6-17-12/h4-5,8,10,14H,3,6-7,9H2,1-2H3. The van der Waals surface area contributed by atoms with Crippen LogP contribution in [0.3, 0.4) is 0 Å². The van der Waals surface area contributed by atoms with Gasteiger partial charge in [-0.25, -0.2) is 8.42 Å². The molecule has 1 aromatic rings. The summed E-state index contributed by atoms with van der Waals surface area (Å²) in [6.07, 6.45) is 0. The van der Waals surface area contributed by atoms with E-state index >= 15 is 0 Å². The van der Waals surface area contributed by atoms with E-state index in [1.807, 2.05) is 13.8 Å². The third-order valence-corrected chi connectivity index (χ3v) is 4.81. The summed E-state index contributed by atoms with van der Waals surface area (Å²) in [4.78, 5) is 0.279. The topological polar surface area (TPSA) is 64.6 Å². The van der Waals surface area contributed by atoms with Crippen molar-refractivity contribution < 1.29 is 17.9 Å². The van der Waals surface area contributed by atoms with Crippen LogP contribution in [0.2, 0.25) is 0 Å². The number of nitrogens with one attached hydrogen (secondary N) is 1. The van der Waals surface area contributed by atoms with Crippen molar-refractivity contribution >= 4 is 9.84 Å². The molecular weight excluding hydrogens is 266 g/mol. The van der Waals surface area contributed by atoms with Crippen molar-refractivity contribution in [3.63, 3.8) is 0 Å². The smallest absolute Gasteiger partial charge is 0.180 e. The van der Waals surface area contributed by atoms with Crippen LogP contribution in [0.4, 0.5) is 0 Å². The van der Waals surface area contributed by atoms with Crippen molar-refractivity contribution in [2.75, 3.05) is 25.5 Å². The van der Waals surface area contributed by atoms with Gasteiger partial charge in [0, 0.05) is 12.1 Å². The molecule has 1 heterocycles. The molecule has 0 aromatic heterocycles. The average molecular weight is 285 g/mol. The fraction of sp³-hybridized carbons (Fsp3) is 0.538. The van der Waals surface area contributed by atoms with Crippen LogP contribution in [-0.2, 0) is 9.84 Å². The van der Waals surface area contributed by atoms with Crippen LogP contribution in [0.15, 0.2) is 23.1 Å². The number of ether oxygens (including phenoxy) is 2. The zero-order chi connectivity index (χ0) is 13.9. The molecule has 0 saturated heterocycles. The third-order valence-electron chi connectivity index (χ3n) is 2.89. The molecule has 19 heavy (non-hydrogen) atoms. The van der Waals surface area contributed by atoms with Gasteiger partial charge in [-0.1, -0.05) is 6.92 Å². The van der Waals surface area contributed by atoms with E-state index in [4.69, 9.17) is 9.47 Å².